The number of hydrogen-bond donors (Lipinski definition) is 0. The van der Waals surface area contributed by atoms with Crippen LogP contribution in [0.2, 0.25) is 0 Å². The van der Waals surface area contributed by atoms with Gasteiger partial charge in [-0.3, -0.25) is 19.7 Å². The minimum atomic E-state index is -0.461. The smallest absolute Gasteiger partial charge is 0.276 e. The molecule has 138 valence electrons. The number of benzene rings is 1. The van der Waals surface area contributed by atoms with Crippen LogP contribution in [0.4, 0.5) is 5.69 Å². The first-order valence-corrected chi connectivity index (χ1v) is 9.05. The molecule has 7 nitrogen and oxygen atoms in total. The second-order valence-electron chi connectivity index (χ2n) is 6.78. The second-order valence-corrected chi connectivity index (χ2v) is 6.78. The van der Waals surface area contributed by atoms with Crippen molar-refractivity contribution in [3.63, 3.8) is 0 Å². The topological polar surface area (TPSA) is 83.8 Å². The fourth-order valence-corrected chi connectivity index (χ4v) is 3.64. The Balaban J connectivity index is 1.55. The largest absolute Gasteiger partial charge is 0.339 e. The predicted octanol–water partition coefficient (Wildman–Crippen LogP) is 2.47. The number of hydrogen-bond acceptors (Lipinski definition) is 4. The number of nitro groups is 1. The third-order valence-electron chi connectivity index (χ3n) is 5.15. The Labute approximate surface area is 152 Å². The van der Waals surface area contributed by atoms with E-state index in [-0.39, 0.29) is 23.4 Å². The van der Waals surface area contributed by atoms with Crippen molar-refractivity contribution in [2.75, 3.05) is 26.2 Å². The first kappa shape index (κ1) is 18.1. The maximum atomic E-state index is 12.4. The maximum Gasteiger partial charge on any atom is 0.276 e. The molecule has 3 rings (SSSR count). The van der Waals surface area contributed by atoms with Gasteiger partial charge in [0.15, 0.2) is 0 Å². The lowest BCUT2D eigenvalue weighted by atomic mass is 10.1. The second kappa shape index (κ2) is 8.12. The van der Waals surface area contributed by atoms with Gasteiger partial charge >= 0.3 is 0 Å². The van der Waals surface area contributed by atoms with Crippen LogP contribution in [0.3, 0.4) is 0 Å². The van der Waals surface area contributed by atoms with Gasteiger partial charge < -0.3 is 9.80 Å². The molecular formula is C19H23N3O4. The van der Waals surface area contributed by atoms with Crippen LogP contribution in [0.15, 0.2) is 30.3 Å². The van der Waals surface area contributed by atoms with Gasteiger partial charge in [0, 0.05) is 44.2 Å². The molecule has 2 amide bonds. The summed E-state index contributed by atoms with van der Waals surface area (Å²) < 4.78 is 0. The van der Waals surface area contributed by atoms with Crippen LogP contribution in [0.5, 0.6) is 0 Å². The molecule has 0 spiro atoms. The quantitative estimate of drug-likeness (QED) is 0.471. The Kier molecular flexibility index (Phi) is 5.65. The van der Waals surface area contributed by atoms with E-state index < -0.39 is 4.92 Å². The molecule has 1 saturated heterocycles. The molecule has 1 aliphatic heterocycles. The highest BCUT2D eigenvalue weighted by molar-refractivity contribution is 5.92. The van der Waals surface area contributed by atoms with E-state index >= 15 is 0 Å². The lowest BCUT2D eigenvalue weighted by molar-refractivity contribution is -0.385. The zero-order valence-corrected chi connectivity index (χ0v) is 14.7. The first-order valence-electron chi connectivity index (χ1n) is 9.05. The summed E-state index contributed by atoms with van der Waals surface area (Å²) in [4.78, 5) is 38.9. The molecule has 1 saturated carbocycles. The number of amides is 2. The Hall–Kier alpha value is -2.70. The number of carbonyl (C=O) groups excluding carboxylic acids is 2. The summed E-state index contributed by atoms with van der Waals surface area (Å²) in [5, 5.41) is 11.0. The lowest BCUT2D eigenvalue weighted by Crippen LogP contribution is -2.51. The van der Waals surface area contributed by atoms with Crippen LogP contribution >= 0.6 is 0 Å². The molecule has 2 aliphatic rings. The van der Waals surface area contributed by atoms with Gasteiger partial charge in [-0.1, -0.05) is 25.0 Å². The summed E-state index contributed by atoms with van der Waals surface area (Å²) in [5.41, 5.74) is 0.379. The van der Waals surface area contributed by atoms with Crippen LogP contribution in [0, 0.1) is 16.0 Å². The molecule has 0 unspecified atom stereocenters. The van der Waals surface area contributed by atoms with Gasteiger partial charge in [0.1, 0.15) is 0 Å². The Morgan fingerprint density at radius 2 is 1.65 bits per heavy atom. The minimum absolute atomic E-state index is 0.0245. The molecule has 0 atom stereocenters. The van der Waals surface area contributed by atoms with Gasteiger partial charge in [-0.2, -0.15) is 0 Å². The van der Waals surface area contributed by atoms with E-state index in [1.807, 2.05) is 4.90 Å². The number of rotatable bonds is 4. The summed E-state index contributed by atoms with van der Waals surface area (Å²) in [6.45, 7) is 2.11. The van der Waals surface area contributed by atoms with Gasteiger partial charge in [0.2, 0.25) is 11.8 Å². The molecular weight excluding hydrogens is 334 g/mol. The van der Waals surface area contributed by atoms with E-state index in [0.29, 0.717) is 31.7 Å². The first-order chi connectivity index (χ1) is 12.6. The van der Waals surface area contributed by atoms with Crippen LogP contribution in [0.1, 0.15) is 31.2 Å². The number of piperazine rings is 1. The molecule has 1 aromatic rings. The standard InChI is InChI=1S/C19H23N3O4/c23-18(10-9-15-5-3-4-8-17(15)22(25)26)20-11-13-21(14-12-20)19(24)16-6-1-2-7-16/h3-5,8-10,16H,1-2,6-7,11-14H2/b10-9+. The molecule has 1 heterocycles. The van der Waals surface area contributed by atoms with Gasteiger partial charge in [-0.15, -0.1) is 0 Å². The maximum absolute atomic E-state index is 12.4. The van der Waals surface area contributed by atoms with Crippen molar-refractivity contribution < 1.29 is 14.5 Å². The highest BCUT2D eigenvalue weighted by Gasteiger charge is 2.30. The number of carbonyl (C=O) groups is 2. The molecule has 26 heavy (non-hydrogen) atoms. The van der Waals surface area contributed by atoms with Crippen molar-refractivity contribution in [3.8, 4) is 0 Å². The highest BCUT2D eigenvalue weighted by Crippen LogP contribution is 2.27. The monoisotopic (exact) mass is 357 g/mol. The molecule has 7 heteroatoms. The van der Waals surface area contributed by atoms with E-state index in [2.05, 4.69) is 0 Å². The summed E-state index contributed by atoms with van der Waals surface area (Å²) in [6, 6.07) is 6.32. The average molecular weight is 357 g/mol. The van der Waals surface area contributed by atoms with Gasteiger partial charge in [0.25, 0.3) is 5.69 Å². The van der Waals surface area contributed by atoms with E-state index in [4.69, 9.17) is 0 Å². The molecule has 1 aliphatic carbocycles. The number of nitrogens with zero attached hydrogens (tertiary/aromatic N) is 3. The number of para-hydroxylation sites is 1. The third kappa shape index (κ3) is 4.09. The van der Waals surface area contributed by atoms with Crippen molar-refractivity contribution in [1.29, 1.82) is 0 Å². The zero-order chi connectivity index (χ0) is 18.5. The number of nitro benzene ring substituents is 1. The molecule has 0 radical (unpaired) electrons. The van der Waals surface area contributed by atoms with Crippen LogP contribution in [0.25, 0.3) is 6.08 Å². The minimum Gasteiger partial charge on any atom is -0.339 e. The Bertz CT molecular complexity index is 717. The summed E-state index contributed by atoms with van der Waals surface area (Å²) >= 11 is 0. The van der Waals surface area contributed by atoms with E-state index in [0.717, 1.165) is 25.7 Å². The van der Waals surface area contributed by atoms with Crippen molar-refractivity contribution in [2.45, 2.75) is 25.7 Å². The van der Waals surface area contributed by atoms with E-state index in [9.17, 15) is 19.7 Å². The highest BCUT2D eigenvalue weighted by atomic mass is 16.6. The molecule has 1 aromatic carbocycles. The van der Waals surface area contributed by atoms with Crippen molar-refractivity contribution in [1.82, 2.24) is 9.80 Å². The van der Waals surface area contributed by atoms with Gasteiger partial charge in [-0.25, -0.2) is 0 Å². The van der Waals surface area contributed by atoms with Crippen molar-refractivity contribution in [2.24, 2.45) is 5.92 Å². The van der Waals surface area contributed by atoms with Gasteiger partial charge in [-0.05, 0) is 25.0 Å². The normalized spacial score (nSPS) is 18.5. The molecule has 0 aromatic heterocycles. The molecule has 0 bridgehead atoms. The Morgan fingerprint density at radius 1 is 1.04 bits per heavy atom. The summed E-state index contributed by atoms with van der Waals surface area (Å²) in [5.74, 6) is 0.206. The molecule has 2 fully saturated rings. The average Bonchev–Trinajstić information content (AvgIpc) is 3.20. The van der Waals surface area contributed by atoms with E-state index in [1.54, 1.807) is 23.1 Å². The summed E-state index contributed by atoms with van der Waals surface area (Å²) in [6.07, 6.45) is 7.08. The van der Waals surface area contributed by atoms with E-state index in [1.165, 1.54) is 18.2 Å². The van der Waals surface area contributed by atoms with Crippen LogP contribution in [-0.2, 0) is 9.59 Å². The Morgan fingerprint density at radius 3 is 2.31 bits per heavy atom. The zero-order valence-electron chi connectivity index (χ0n) is 14.7. The molecule has 0 N–H and O–H groups in total. The fraction of sp³-hybridized carbons (Fsp3) is 0.474. The van der Waals surface area contributed by atoms with Crippen LogP contribution < -0.4 is 0 Å². The predicted molar refractivity (Wildman–Crippen MR) is 97.2 cm³/mol. The lowest BCUT2D eigenvalue weighted by Gasteiger charge is -2.35. The summed E-state index contributed by atoms with van der Waals surface area (Å²) in [7, 11) is 0. The SMILES string of the molecule is O=C(/C=C/c1ccccc1[N+](=O)[O-])N1CCN(C(=O)C2CCCC2)CC1. The van der Waals surface area contributed by atoms with Crippen molar-refractivity contribution >= 4 is 23.6 Å². The van der Waals surface area contributed by atoms with Crippen molar-refractivity contribution in [3.05, 3.63) is 46.0 Å². The third-order valence-corrected chi connectivity index (χ3v) is 5.15. The fourth-order valence-electron chi connectivity index (χ4n) is 3.64. The van der Waals surface area contributed by atoms with Crippen LogP contribution in [-0.4, -0.2) is 52.7 Å². The van der Waals surface area contributed by atoms with Gasteiger partial charge in [0.05, 0.1) is 10.5 Å².